The highest BCUT2D eigenvalue weighted by Crippen LogP contribution is 2.41. The zero-order valence-electron chi connectivity index (χ0n) is 19.9. The number of hydrogen-bond acceptors (Lipinski definition) is 5. The van der Waals surface area contributed by atoms with Crippen LogP contribution in [-0.4, -0.2) is 43.5 Å². The number of rotatable bonds is 13. The van der Waals surface area contributed by atoms with E-state index in [4.69, 9.17) is 15.2 Å². The first-order valence-corrected chi connectivity index (χ1v) is 12.0. The van der Waals surface area contributed by atoms with Gasteiger partial charge in [0, 0.05) is 23.4 Å². The minimum absolute atomic E-state index is 0.0379. The number of Topliss-reactive ketones (excluding diaryl/α,β-unsaturated/α-hetero) is 1. The number of carbonyl (C=O) groups is 1. The first-order valence-electron chi connectivity index (χ1n) is 12.0. The molecule has 0 saturated carbocycles. The minimum Gasteiger partial charge on any atom is -0.494 e. The lowest BCUT2D eigenvalue weighted by Crippen LogP contribution is -2.34. The Morgan fingerprint density at radius 1 is 1.03 bits per heavy atom. The van der Waals surface area contributed by atoms with Crippen molar-refractivity contribution in [1.29, 1.82) is 0 Å². The molecule has 32 heavy (non-hydrogen) atoms. The Balaban J connectivity index is 1.53. The quantitative estimate of drug-likeness (QED) is 0.255. The summed E-state index contributed by atoms with van der Waals surface area (Å²) in [6, 6.07) is 13.0. The highest BCUT2D eigenvalue weighted by atomic mass is 16.5. The van der Waals surface area contributed by atoms with E-state index in [1.165, 1.54) is 38.8 Å². The smallest absolute Gasteiger partial charge is 0.176 e. The van der Waals surface area contributed by atoms with Gasteiger partial charge in [0.25, 0.3) is 0 Å². The molecule has 0 aliphatic carbocycles. The van der Waals surface area contributed by atoms with Crippen LogP contribution in [0.5, 0.6) is 11.5 Å². The largest absolute Gasteiger partial charge is 0.494 e. The predicted molar refractivity (Wildman–Crippen MR) is 131 cm³/mol. The molecule has 0 saturated heterocycles. The number of hydrogen-bond donors (Lipinski definition) is 1. The summed E-state index contributed by atoms with van der Waals surface area (Å²) in [7, 11) is 0. The topological polar surface area (TPSA) is 64.8 Å². The fourth-order valence-corrected chi connectivity index (χ4v) is 4.19. The minimum atomic E-state index is -0.729. The van der Waals surface area contributed by atoms with E-state index in [1.807, 2.05) is 43.3 Å². The van der Waals surface area contributed by atoms with E-state index in [9.17, 15) is 4.79 Å². The van der Waals surface area contributed by atoms with Gasteiger partial charge in [-0.15, -0.1) is 0 Å². The highest BCUT2D eigenvalue weighted by Gasteiger charge is 2.43. The first-order chi connectivity index (χ1) is 15.5. The second kappa shape index (κ2) is 11.4. The molecule has 174 valence electrons. The molecule has 0 radical (unpaired) electrons. The van der Waals surface area contributed by atoms with Crippen LogP contribution in [0, 0.1) is 0 Å². The maximum atomic E-state index is 13.3. The number of carbonyl (C=O) groups excluding carboxylic acids is 1. The zero-order chi connectivity index (χ0) is 23.0. The van der Waals surface area contributed by atoms with Crippen LogP contribution < -0.4 is 15.2 Å². The predicted octanol–water partition coefficient (Wildman–Crippen LogP) is 5.47. The summed E-state index contributed by atoms with van der Waals surface area (Å²) in [4.78, 5) is 15.8. The van der Waals surface area contributed by atoms with Crippen LogP contribution in [0.4, 0.5) is 5.69 Å². The molecule has 2 aromatic rings. The van der Waals surface area contributed by atoms with Crippen LogP contribution in [0.25, 0.3) is 0 Å². The number of fused-ring (bicyclic) bond motifs is 1. The van der Waals surface area contributed by atoms with E-state index in [1.54, 1.807) is 6.07 Å². The van der Waals surface area contributed by atoms with Gasteiger partial charge in [-0.1, -0.05) is 26.7 Å². The van der Waals surface area contributed by atoms with Crippen molar-refractivity contribution in [2.24, 2.45) is 0 Å². The van der Waals surface area contributed by atoms with Gasteiger partial charge < -0.3 is 20.1 Å². The SMILES string of the molecule is CCCCN(CCCC)CCCOc1ccc(C(=O)C2(C)COc3ccc(N)cc32)cc1. The second-order valence-corrected chi connectivity index (χ2v) is 8.98. The summed E-state index contributed by atoms with van der Waals surface area (Å²) < 4.78 is 11.7. The summed E-state index contributed by atoms with van der Waals surface area (Å²) in [6.45, 7) is 10.8. The summed E-state index contributed by atoms with van der Waals surface area (Å²) in [5.74, 6) is 1.57. The molecule has 5 heteroatoms. The molecule has 1 aliphatic rings. The fourth-order valence-electron chi connectivity index (χ4n) is 4.19. The molecule has 3 rings (SSSR count). The van der Waals surface area contributed by atoms with Crippen molar-refractivity contribution in [2.75, 3.05) is 38.6 Å². The molecule has 1 unspecified atom stereocenters. The Bertz CT molecular complexity index is 873. The number of nitrogen functional groups attached to an aromatic ring is 1. The van der Waals surface area contributed by atoms with Crippen molar-refractivity contribution >= 4 is 11.5 Å². The molecule has 1 aliphatic heterocycles. The first kappa shape index (κ1) is 24.1. The van der Waals surface area contributed by atoms with Gasteiger partial charge in [0.1, 0.15) is 18.1 Å². The normalized spacial score (nSPS) is 17.2. The van der Waals surface area contributed by atoms with E-state index in [0.29, 0.717) is 24.5 Å². The number of nitrogens with two attached hydrogens (primary N) is 1. The van der Waals surface area contributed by atoms with Gasteiger partial charge in [-0.2, -0.15) is 0 Å². The Labute approximate surface area is 192 Å². The maximum absolute atomic E-state index is 13.3. The molecule has 0 amide bonds. The van der Waals surface area contributed by atoms with Crippen molar-refractivity contribution in [2.45, 2.75) is 58.3 Å². The second-order valence-electron chi connectivity index (χ2n) is 8.98. The van der Waals surface area contributed by atoms with Gasteiger partial charge in [-0.05, 0) is 81.7 Å². The monoisotopic (exact) mass is 438 g/mol. The third-order valence-corrected chi connectivity index (χ3v) is 6.28. The molecule has 2 N–H and O–H groups in total. The molecule has 5 nitrogen and oxygen atoms in total. The van der Waals surface area contributed by atoms with E-state index in [0.717, 1.165) is 30.0 Å². The van der Waals surface area contributed by atoms with Gasteiger partial charge in [-0.25, -0.2) is 0 Å². The van der Waals surface area contributed by atoms with Crippen molar-refractivity contribution in [3.05, 3.63) is 53.6 Å². The van der Waals surface area contributed by atoms with Crippen molar-refractivity contribution < 1.29 is 14.3 Å². The standard InChI is InChI=1S/C27H38N2O3/c1-4-6-15-29(16-7-5-2)17-8-18-31-23-12-9-21(10-13-23)26(30)27(3)20-32-25-14-11-22(28)19-24(25)27/h9-14,19H,4-8,15-18,20,28H2,1-3H3. The highest BCUT2D eigenvalue weighted by molar-refractivity contribution is 6.05. The average Bonchev–Trinajstić information content (AvgIpc) is 3.14. The van der Waals surface area contributed by atoms with E-state index in [-0.39, 0.29) is 5.78 Å². The Kier molecular flexibility index (Phi) is 8.57. The molecule has 0 bridgehead atoms. The molecule has 2 aromatic carbocycles. The van der Waals surface area contributed by atoms with Crippen molar-refractivity contribution in [3.63, 3.8) is 0 Å². The number of unbranched alkanes of at least 4 members (excludes halogenated alkanes) is 2. The van der Waals surface area contributed by atoms with Crippen LogP contribution in [-0.2, 0) is 5.41 Å². The van der Waals surface area contributed by atoms with E-state index < -0.39 is 5.41 Å². The lowest BCUT2D eigenvalue weighted by Gasteiger charge is -2.22. The van der Waals surface area contributed by atoms with Gasteiger partial charge in [0.05, 0.1) is 12.0 Å². The Hall–Kier alpha value is -2.53. The summed E-state index contributed by atoms with van der Waals surface area (Å²) in [5.41, 5.74) is 7.38. The van der Waals surface area contributed by atoms with Gasteiger partial charge in [-0.3, -0.25) is 4.79 Å². The molecule has 0 spiro atoms. The maximum Gasteiger partial charge on any atom is 0.176 e. The third kappa shape index (κ3) is 5.83. The summed E-state index contributed by atoms with van der Waals surface area (Å²) in [6.07, 6.45) is 5.96. The van der Waals surface area contributed by atoms with Crippen LogP contribution >= 0.6 is 0 Å². The molecular formula is C27H38N2O3. The fraction of sp³-hybridized carbons (Fsp3) is 0.519. The number of ether oxygens (including phenoxy) is 2. The van der Waals surface area contributed by atoms with Crippen LogP contribution in [0.3, 0.4) is 0 Å². The Morgan fingerprint density at radius 2 is 1.69 bits per heavy atom. The number of benzene rings is 2. The molecule has 1 heterocycles. The number of nitrogens with zero attached hydrogens (tertiary/aromatic N) is 1. The third-order valence-electron chi connectivity index (χ3n) is 6.28. The number of ketones is 1. The zero-order valence-corrected chi connectivity index (χ0v) is 19.9. The van der Waals surface area contributed by atoms with Crippen LogP contribution in [0.15, 0.2) is 42.5 Å². The number of anilines is 1. The van der Waals surface area contributed by atoms with Crippen LogP contribution in [0.1, 0.15) is 68.8 Å². The molecule has 0 fully saturated rings. The average molecular weight is 439 g/mol. The Morgan fingerprint density at radius 3 is 2.34 bits per heavy atom. The van der Waals surface area contributed by atoms with Crippen molar-refractivity contribution in [3.8, 4) is 11.5 Å². The molecular weight excluding hydrogens is 400 g/mol. The van der Waals surface area contributed by atoms with E-state index >= 15 is 0 Å². The summed E-state index contributed by atoms with van der Waals surface area (Å²) in [5, 5.41) is 0. The summed E-state index contributed by atoms with van der Waals surface area (Å²) >= 11 is 0. The lowest BCUT2D eigenvalue weighted by molar-refractivity contribution is 0.0873. The van der Waals surface area contributed by atoms with Crippen LogP contribution in [0.2, 0.25) is 0 Å². The lowest BCUT2D eigenvalue weighted by atomic mass is 9.78. The van der Waals surface area contributed by atoms with Crippen molar-refractivity contribution in [1.82, 2.24) is 4.90 Å². The van der Waals surface area contributed by atoms with Gasteiger partial charge in [0.15, 0.2) is 5.78 Å². The van der Waals surface area contributed by atoms with E-state index in [2.05, 4.69) is 18.7 Å². The van der Waals surface area contributed by atoms with Gasteiger partial charge in [0.2, 0.25) is 0 Å². The molecule has 1 atom stereocenters. The van der Waals surface area contributed by atoms with Gasteiger partial charge >= 0.3 is 0 Å². The molecule has 0 aromatic heterocycles.